The number of pyridine rings is 1. The van der Waals surface area contributed by atoms with Crippen molar-refractivity contribution < 1.29 is 27.6 Å². The van der Waals surface area contributed by atoms with Crippen molar-refractivity contribution in [2.24, 2.45) is 0 Å². The van der Waals surface area contributed by atoms with Gasteiger partial charge in [-0.15, -0.1) is 0 Å². The maximum atomic E-state index is 13.8. The molecule has 0 unspecified atom stereocenters. The molecule has 2 aliphatic heterocycles. The van der Waals surface area contributed by atoms with E-state index in [0.29, 0.717) is 13.1 Å². The van der Waals surface area contributed by atoms with Crippen LogP contribution in [-0.4, -0.2) is 76.7 Å². The van der Waals surface area contributed by atoms with Gasteiger partial charge in [0.1, 0.15) is 0 Å². The van der Waals surface area contributed by atoms with Gasteiger partial charge in [0.05, 0.1) is 16.6 Å². The van der Waals surface area contributed by atoms with E-state index >= 15 is 0 Å². The maximum absolute atomic E-state index is 13.8. The number of hydrogen-bond donors (Lipinski definition) is 0. The lowest BCUT2D eigenvalue weighted by atomic mass is 10.0. The predicted molar refractivity (Wildman–Crippen MR) is 105 cm³/mol. The van der Waals surface area contributed by atoms with E-state index in [4.69, 9.17) is 0 Å². The van der Waals surface area contributed by atoms with Gasteiger partial charge < -0.3 is 14.7 Å². The molecule has 7 nitrogen and oxygen atoms in total. The normalized spacial score (nSPS) is 17.3. The summed E-state index contributed by atoms with van der Waals surface area (Å²) in [6.07, 6.45) is -2.04. The fraction of sp³-hybridized carbons (Fsp3) is 0.429. The van der Waals surface area contributed by atoms with Crippen molar-refractivity contribution >= 4 is 28.6 Å². The highest BCUT2D eigenvalue weighted by molar-refractivity contribution is 6.35. The molecule has 0 N–H and O–H groups in total. The Labute approximate surface area is 176 Å². The summed E-state index contributed by atoms with van der Waals surface area (Å²) in [5, 5.41) is -0.133. The number of alkyl halides is 3. The van der Waals surface area contributed by atoms with Crippen LogP contribution in [0.25, 0.3) is 10.9 Å². The lowest BCUT2D eigenvalue weighted by molar-refractivity contribution is -0.152. The molecule has 2 aliphatic rings. The standard InChI is InChI=1S/C21H21F3N4O3/c22-21(23,24)17-14-5-1-2-6-16(14)25-13-15(17)18(29)27-9-11-28(12-10-27)20(31)19(30)26-7-3-4-8-26/h1-2,5-6,13H,3-4,7-12H2. The van der Waals surface area contributed by atoms with Crippen LogP contribution in [0.5, 0.6) is 0 Å². The smallest absolute Gasteiger partial charge is 0.335 e. The summed E-state index contributed by atoms with van der Waals surface area (Å²) in [5.74, 6) is -1.98. The number of likely N-dealkylation sites (tertiary alicyclic amines) is 1. The highest BCUT2D eigenvalue weighted by atomic mass is 19.4. The van der Waals surface area contributed by atoms with Crippen LogP contribution in [0, 0.1) is 0 Å². The van der Waals surface area contributed by atoms with Gasteiger partial charge in [-0.2, -0.15) is 13.2 Å². The van der Waals surface area contributed by atoms with E-state index in [-0.39, 0.29) is 37.1 Å². The first-order valence-electron chi connectivity index (χ1n) is 10.1. The minimum atomic E-state index is -4.73. The molecule has 164 valence electrons. The highest BCUT2D eigenvalue weighted by Gasteiger charge is 2.39. The van der Waals surface area contributed by atoms with Gasteiger partial charge in [-0.3, -0.25) is 19.4 Å². The van der Waals surface area contributed by atoms with Crippen molar-refractivity contribution in [3.8, 4) is 0 Å². The summed E-state index contributed by atoms with van der Waals surface area (Å²) in [6, 6.07) is 5.80. The van der Waals surface area contributed by atoms with Crippen molar-refractivity contribution in [2.75, 3.05) is 39.3 Å². The molecule has 0 saturated carbocycles. The number of piperazine rings is 1. The molecule has 3 amide bonds. The van der Waals surface area contributed by atoms with E-state index in [9.17, 15) is 27.6 Å². The Hall–Kier alpha value is -3.17. The third kappa shape index (κ3) is 4.06. The molecular weight excluding hydrogens is 413 g/mol. The lowest BCUT2D eigenvalue weighted by Crippen LogP contribution is -2.54. The lowest BCUT2D eigenvalue weighted by Gasteiger charge is -2.35. The summed E-state index contributed by atoms with van der Waals surface area (Å²) in [4.78, 5) is 45.8. The Bertz CT molecular complexity index is 1030. The van der Waals surface area contributed by atoms with Crippen molar-refractivity contribution in [1.29, 1.82) is 0 Å². The Morgan fingerprint density at radius 2 is 1.35 bits per heavy atom. The van der Waals surface area contributed by atoms with Gasteiger partial charge in [0.15, 0.2) is 0 Å². The second-order valence-electron chi connectivity index (χ2n) is 7.65. The van der Waals surface area contributed by atoms with Gasteiger partial charge in [-0.05, 0) is 18.9 Å². The number of rotatable bonds is 1. The molecule has 0 aliphatic carbocycles. The van der Waals surface area contributed by atoms with Crippen LogP contribution in [0.1, 0.15) is 28.8 Å². The fourth-order valence-corrected chi connectivity index (χ4v) is 4.08. The van der Waals surface area contributed by atoms with E-state index in [1.165, 1.54) is 32.9 Å². The number of hydrogen-bond acceptors (Lipinski definition) is 4. The fourth-order valence-electron chi connectivity index (χ4n) is 4.08. The van der Waals surface area contributed by atoms with Crippen molar-refractivity contribution in [3.63, 3.8) is 0 Å². The average molecular weight is 434 g/mol. The average Bonchev–Trinajstić information content (AvgIpc) is 3.31. The molecule has 1 aromatic carbocycles. The number of carbonyl (C=O) groups excluding carboxylic acids is 3. The van der Waals surface area contributed by atoms with Crippen LogP contribution in [0.15, 0.2) is 30.5 Å². The Kier molecular flexibility index (Phi) is 5.55. The number of fused-ring (bicyclic) bond motifs is 1. The van der Waals surface area contributed by atoms with Crippen LogP contribution in [0.3, 0.4) is 0 Å². The molecular formula is C21H21F3N4O3. The Morgan fingerprint density at radius 3 is 1.97 bits per heavy atom. The van der Waals surface area contributed by atoms with Crippen LogP contribution < -0.4 is 0 Å². The van der Waals surface area contributed by atoms with Gasteiger partial charge >= 0.3 is 18.0 Å². The number of benzene rings is 1. The van der Waals surface area contributed by atoms with E-state index < -0.39 is 35.0 Å². The van der Waals surface area contributed by atoms with Gasteiger partial charge in [-0.1, -0.05) is 18.2 Å². The number of carbonyl (C=O) groups is 3. The monoisotopic (exact) mass is 434 g/mol. The molecule has 1 aromatic heterocycles. The van der Waals surface area contributed by atoms with Gasteiger partial charge in [0.25, 0.3) is 5.91 Å². The molecule has 0 bridgehead atoms. The third-order valence-electron chi connectivity index (χ3n) is 5.72. The Morgan fingerprint density at radius 1 is 0.806 bits per heavy atom. The molecule has 31 heavy (non-hydrogen) atoms. The maximum Gasteiger partial charge on any atom is 0.417 e. The van der Waals surface area contributed by atoms with E-state index in [2.05, 4.69) is 4.98 Å². The molecule has 3 heterocycles. The third-order valence-corrected chi connectivity index (χ3v) is 5.72. The first kappa shape index (κ1) is 21.1. The summed E-state index contributed by atoms with van der Waals surface area (Å²) in [6.45, 7) is 1.37. The van der Waals surface area contributed by atoms with E-state index in [1.54, 1.807) is 6.07 Å². The zero-order chi connectivity index (χ0) is 22.2. The van der Waals surface area contributed by atoms with E-state index in [0.717, 1.165) is 19.0 Å². The molecule has 0 spiro atoms. The number of nitrogens with zero attached hydrogens (tertiary/aromatic N) is 4. The first-order chi connectivity index (χ1) is 14.8. The highest BCUT2D eigenvalue weighted by Crippen LogP contribution is 2.37. The molecule has 2 aromatic rings. The van der Waals surface area contributed by atoms with Gasteiger partial charge in [0.2, 0.25) is 0 Å². The summed E-state index contributed by atoms with van der Waals surface area (Å²) in [5.41, 5.74) is -1.37. The summed E-state index contributed by atoms with van der Waals surface area (Å²) < 4.78 is 41.5. The predicted octanol–water partition coefficient (Wildman–Crippen LogP) is 2.16. The van der Waals surface area contributed by atoms with Gasteiger partial charge in [-0.25, -0.2) is 0 Å². The SMILES string of the molecule is O=C(C(=O)N1CCN(C(=O)c2cnc3ccccc3c2C(F)(F)F)CC1)N1CCCC1. The van der Waals surface area contributed by atoms with Gasteiger partial charge in [0, 0.05) is 50.9 Å². The molecule has 10 heteroatoms. The summed E-state index contributed by atoms with van der Waals surface area (Å²) >= 11 is 0. The first-order valence-corrected chi connectivity index (χ1v) is 10.1. The quantitative estimate of drug-likeness (QED) is 0.645. The van der Waals surface area contributed by atoms with Crippen LogP contribution in [0.4, 0.5) is 13.2 Å². The molecule has 0 atom stereocenters. The minimum absolute atomic E-state index is 0.0436. The number of aromatic nitrogens is 1. The molecule has 4 rings (SSSR count). The zero-order valence-electron chi connectivity index (χ0n) is 16.7. The minimum Gasteiger partial charge on any atom is -0.335 e. The number of amides is 3. The largest absolute Gasteiger partial charge is 0.417 e. The number of halogens is 3. The van der Waals surface area contributed by atoms with Crippen molar-refractivity contribution in [1.82, 2.24) is 19.7 Å². The van der Waals surface area contributed by atoms with Crippen LogP contribution in [0.2, 0.25) is 0 Å². The van der Waals surface area contributed by atoms with Crippen LogP contribution in [-0.2, 0) is 15.8 Å². The van der Waals surface area contributed by atoms with Crippen molar-refractivity contribution in [3.05, 3.63) is 41.6 Å². The van der Waals surface area contributed by atoms with Crippen molar-refractivity contribution in [2.45, 2.75) is 19.0 Å². The topological polar surface area (TPSA) is 73.8 Å². The zero-order valence-corrected chi connectivity index (χ0v) is 16.7. The van der Waals surface area contributed by atoms with Crippen LogP contribution >= 0.6 is 0 Å². The second-order valence-corrected chi connectivity index (χ2v) is 7.65. The molecule has 2 saturated heterocycles. The molecule has 2 fully saturated rings. The Balaban J connectivity index is 1.51. The van der Waals surface area contributed by atoms with E-state index in [1.807, 2.05) is 0 Å². The number of para-hydroxylation sites is 1. The summed E-state index contributed by atoms with van der Waals surface area (Å²) in [7, 11) is 0. The second kappa shape index (κ2) is 8.16. The molecule has 0 radical (unpaired) electrons.